The summed E-state index contributed by atoms with van der Waals surface area (Å²) < 4.78 is 0.581. The molecule has 0 aliphatic heterocycles. The second kappa shape index (κ2) is 4.63. The van der Waals surface area contributed by atoms with E-state index in [4.69, 9.17) is 10.8 Å². The number of phenols is 1. The van der Waals surface area contributed by atoms with Crippen LogP contribution in [0.5, 0.6) is 5.75 Å². The summed E-state index contributed by atoms with van der Waals surface area (Å²) in [6, 6.07) is 2.28. The average molecular weight is 274 g/mol. The maximum atomic E-state index is 10.6. The molecule has 0 bridgehead atoms. The van der Waals surface area contributed by atoms with Crippen LogP contribution in [-0.4, -0.2) is 22.2 Å². The molecule has 0 fully saturated rings. The first-order chi connectivity index (χ1) is 6.93. The first-order valence-corrected chi connectivity index (χ1v) is 5.18. The number of phenolic OH excluding ortho intramolecular Hbond substituents is 1. The predicted molar refractivity (Wildman–Crippen MR) is 59.9 cm³/mol. The molecular weight excluding hydrogens is 262 g/mol. The quantitative estimate of drug-likeness (QED) is 0.778. The van der Waals surface area contributed by atoms with Crippen LogP contribution < -0.4 is 5.73 Å². The van der Waals surface area contributed by atoms with E-state index in [-0.39, 0.29) is 12.2 Å². The lowest BCUT2D eigenvalue weighted by Gasteiger charge is -2.11. The molecule has 1 atom stereocenters. The van der Waals surface area contributed by atoms with Crippen LogP contribution in [-0.2, 0) is 11.2 Å². The molecule has 82 valence electrons. The highest BCUT2D eigenvalue weighted by Crippen LogP contribution is 2.29. The summed E-state index contributed by atoms with van der Waals surface area (Å²) in [6.07, 6.45) is 0.250. The summed E-state index contributed by atoms with van der Waals surface area (Å²) in [5, 5.41) is 18.0. The monoisotopic (exact) mass is 273 g/mol. The van der Waals surface area contributed by atoms with Crippen LogP contribution in [0.1, 0.15) is 11.1 Å². The van der Waals surface area contributed by atoms with Gasteiger partial charge in [0.05, 0.1) is 4.47 Å². The number of aromatic hydroxyl groups is 1. The van der Waals surface area contributed by atoms with Crippen molar-refractivity contribution >= 4 is 21.9 Å². The molecule has 1 aromatic rings. The number of hydrogen-bond acceptors (Lipinski definition) is 3. The molecule has 0 saturated carbocycles. The number of carbonyl (C=O) groups is 1. The van der Waals surface area contributed by atoms with Crippen LogP contribution >= 0.6 is 15.9 Å². The van der Waals surface area contributed by atoms with E-state index in [1.54, 1.807) is 13.0 Å². The van der Waals surface area contributed by atoms with Gasteiger partial charge in [-0.05, 0) is 46.5 Å². The van der Waals surface area contributed by atoms with Gasteiger partial charge < -0.3 is 15.9 Å². The number of carboxylic acids is 1. The molecule has 0 heterocycles. The molecule has 0 amide bonds. The number of halogens is 1. The van der Waals surface area contributed by atoms with Crippen LogP contribution in [0.15, 0.2) is 16.6 Å². The zero-order chi connectivity index (χ0) is 11.6. The van der Waals surface area contributed by atoms with Gasteiger partial charge in [0.1, 0.15) is 11.8 Å². The summed E-state index contributed by atoms with van der Waals surface area (Å²) >= 11 is 3.22. The molecule has 4 N–H and O–H groups in total. The molecule has 0 spiro atoms. The lowest BCUT2D eigenvalue weighted by atomic mass is 10.0. The van der Waals surface area contributed by atoms with Gasteiger partial charge in [0.25, 0.3) is 0 Å². The molecule has 1 aromatic carbocycles. The summed E-state index contributed by atoms with van der Waals surface area (Å²) in [5.74, 6) is -0.890. The Hall–Kier alpha value is -1.07. The molecule has 1 rings (SSSR count). The van der Waals surface area contributed by atoms with Gasteiger partial charge >= 0.3 is 5.97 Å². The zero-order valence-electron chi connectivity index (χ0n) is 8.20. The minimum atomic E-state index is -1.03. The molecular formula is C10H12BrNO3. The number of rotatable bonds is 3. The fraction of sp³-hybridized carbons (Fsp3) is 0.300. The minimum Gasteiger partial charge on any atom is -0.507 e. The summed E-state index contributed by atoms with van der Waals surface area (Å²) in [4.78, 5) is 10.6. The third kappa shape index (κ3) is 2.70. The number of benzene rings is 1. The Morgan fingerprint density at radius 1 is 1.60 bits per heavy atom. The molecule has 0 radical (unpaired) electrons. The highest BCUT2D eigenvalue weighted by Gasteiger charge is 2.15. The Balaban J connectivity index is 2.97. The SMILES string of the molecule is Cc1c(C[C@H](N)C(=O)O)ccc(O)c1Br. The van der Waals surface area contributed by atoms with Gasteiger partial charge in [-0.2, -0.15) is 0 Å². The van der Waals surface area contributed by atoms with Gasteiger partial charge in [-0.25, -0.2) is 0 Å². The Labute approximate surface area is 95.8 Å². The van der Waals surface area contributed by atoms with Gasteiger partial charge in [0.2, 0.25) is 0 Å². The Kier molecular flexibility index (Phi) is 3.71. The Bertz CT molecular complexity index is 392. The summed E-state index contributed by atoms with van der Waals surface area (Å²) in [6.45, 7) is 1.80. The molecule has 4 nitrogen and oxygen atoms in total. The number of nitrogens with two attached hydrogens (primary N) is 1. The van der Waals surface area contributed by atoms with Crippen LogP contribution in [0, 0.1) is 6.92 Å². The predicted octanol–water partition coefficient (Wildman–Crippen LogP) is 1.42. The van der Waals surface area contributed by atoms with Crippen molar-refractivity contribution in [1.29, 1.82) is 0 Å². The highest BCUT2D eigenvalue weighted by atomic mass is 79.9. The minimum absolute atomic E-state index is 0.139. The van der Waals surface area contributed by atoms with Crippen LogP contribution in [0.3, 0.4) is 0 Å². The van der Waals surface area contributed by atoms with Crippen molar-refractivity contribution in [2.45, 2.75) is 19.4 Å². The second-order valence-electron chi connectivity index (χ2n) is 3.33. The van der Waals surface area contributed by atoms with E-state index in [1.165, 1.54) is 6.07 Å². The summed E-state index contributed by atoms with van der Waals surface area (Å²) in [7, 11) is 0. The van der Waals surface area contributed by atoms with Crippen molar-refractivity contribution in [2.75, 3.05) is 0 Å². The van der Waals surface area contributed by atoms with Gasteiger partial charge in [-0.15, -0.1) is 0 Å². The number of hydrogen-bond donors (Lipinski definition) is 3. The largest absolute Gasteiger partial charge is 0.507 e. The molecule has 5 heteroatoms. The van der Waals surface area contributed by atoms with E-state index in [1.807, 2.05) is 0 Å². The zero-order valence-corrected chi connectivity index (χ0v) is 9.78. The van der Waals surface area contributed by atoms with Crippen molar-refractivity contribution in [1.82, 2.24) is 0 Å². The van der Waals surface area contributed by atoms with Crippen molar-refractivity contribution in [3.05, 3.63) is 27.7 Å². The maximum absolute atomic E-state index is 10.6. The van der Waals surface area contributed by atoms with E-state index < -0.39 is 12.0 Å². The van der Waals surface area contributed by atoms with Gasteiger partial charge in [-0.3, -0.25) is 4.79 Å². The third-order valence-corrected chi connectivity index (χ3v) is 3.24. The lowest BCUT2D eigenvalue weighted by Crippen LogP contribution is -2.32. The van der Waals surface area contributed by atoms with Gasteiger partial charge in [-0.1, -0.05) is 6.07 Å². The fourth-order valence-corrected chi connectivity index (χ4v) is 1.64. The Morgan fingerprint density at radius 2 is 2.20 bits per heavy atom. The average Bonchev–Trinajstić information content (AvgIpc) is 2.18. The first-order valence-electron chi connectivity index (χ1n) is 4.38. The molecule has 0 aliphatic carbocycles. The van der Waals surface area contributed by atoms with Gasteiger partial charge in [0, 0.05) is 0 Å². The van der Waals surface area contributed by atoms with Crippen molar-refractivity contribution in [3.8, 4) is 5.75 Å². The van der Waals surface area contributed by atoms with Crippen LogP contribution in [0.4, 0.5) is 0 Å². The molecule has 0 unspecified atom stereocenters. The topological polar surface area (TPSA) is 83.6 Å². The van der Waals surface area contributed by atoms with Crippen molar-refractivity contribution in [3.63, 3.8) is 0 Å². The molecule has 0 aromatic heterocycles. The van der Waals surface area contributed by atoms with E-state index in [9.17, 15) is 9.90 Å². The highest BCUT2D eigenvalue weighted by molar-refractivity contribution is 9.10. The van der Waals surface area contributed by atoms with E-state index in [0.717, 1.165) is 11.1 Å². The van der Waals surface area contributed by atoms with E-state index in [0.29, 0.717) is 4.47 Å². The second-order valence-corrected chi connectivity index (χ2v) is 4.12. The first kappa shape index (κ1) is 12.0. The van der Waals surface area contributed by atoms with E-state index in [2.05, 4.69) is 15.9 Å². The Morgan fingerprint density at radius 3 is 2.73 bits per heavy atom. The molecule has 0 aliphatic rings. The fourth-order valence-electron chi connectivity index (χ4n) is 1.26. The number of carboxylic acid groups (broad SMARTS) is 1. The van der Waals surface area contributed by atoms with Crippen LogP contribution in [0.2, 0.25) is 0 Å². The van der Waals surface area contributed by atoms with Crippen LogP contribution in [0.25, 0.3) is 0 Å². The van der Waals surface area contributed by atoms with E-state index >= 15 is 0 Å². The van der Waals surface area contributed by atoms with Gasteiger partial charge in [0.15, 0.2) is 0 Å². The van der Waals surface area contributed by atoms with Crippen molar-refractivity contribution < 1.29 is 15.0 Å². The number of aliphatic carboxylic acids is 1. The summed E-state index contributed by atoms with van der Waals surface area (Å²) in [5.41, 5.74) is 7.05. The normalized spacial score (nSPS) is 12.5. The van der Waals surface area contributed by atoms with Crippen molar-refractivity contribution in [2.24, 2.45) is 5.73 Å². The maximum Gasteiger partial charge on any atom is 0.320 e. The lowest BCUT2D eigenvalue weighted by molar-refractivity contribution is -0.138. The third-order valence-electron chi connectivity index (χ3n) is 2.24. The molecule has 0 saturated heterocycles. The molecule has 15 heavy (non-hydrogen) atoms. The standard InChI is InChI=1S/C10H12BrNO3/c1-5-6(4-7(12)10(14)15)2-3-8(13)9(5)11/h2-3,7,13H,4,12H2,1H3,(H,14,15)/t7-/m0/s1. The smallest absolute Gasteiger partial charge is 0.320 e.